The second-order valence-corrected chi connectivity index (χ2v) is 4.83. The molecule has 0 fully saturated rings. The third-order valence-corrected chi connectivity index (χ3v) is 3.62. The lowest BCUT2D eigenvalue weighted by atomic mass is 9.82. The largest absolute Gasteiger partial charge is 0.441 e. The Kier molecular flexibility index (Phi) is 2.72. The van der Waals surface area contributed by atoms with Crippen molar-refractivity contribution < 1.29 is 4.74 Å². The van der Waals surface area contributed by atoms with Crippen LogP contribution >= 0.6 is 0 Å². The number of hydrogen-bond acceptors (Lipinski definition) is 4. The van der Waals surface area contributed by atoms with Gasteiger partial charge in [0.25, 0.3) is 0 Å². The average molecular weight is 266 g/mol. The van der Waals surface area contributed by atoms with Crippen molar-refractivity contribution in [2.24, 2.45) is 0 Å². The Hall–Kier alpha value is -2.74. The van der Waals surface area contributed by atoms with Crippen LogP contribution < -0.4 is 10.5 Å². The van der Waals surface area contributed by atoms with Crippen LogP contribution in [0.5, 0.6) is 5.88 Å². The number of nitrogen functional groups attached to an aromatic ring is 1. The highest BCUT2D eigenvalue weighted by molar-refractivity contribution is 5.62. The number of aryl methyl sites for hydroxylation is 1. The third-order valence-electron chi connectivity index (χ3n) is 3.62. The minimum Gasteiger partial charge on any atom is -0.441 e. The van der Waals surface area contributed by atoms with E-state index in [2.05, 4.69) is 16.3 Å². The number of nitrogens with one attached hydrogen (secondary N) is 1. The summed E-state index contributed by atoms with van der Waals surface area (Å²) in [5, 5.41) is 16.3. The maximum atomic E-state index is 9.48. The molecule has 1 atom stereocenters. The van der Waals surface area contributed by atoms with Gasteiger partial charge >= 0.3 is 0 Å². The molecule has 5 heteroatoms. The van der Waals surface area contributed by atoms with Crippen LogP contribution in [0.25, 0.3) is 0 Å². The average Bonchev–Trinajstić information content (AvgIpc) is 2.79. The molecule has 0 saturated heterocycles. The van der Waals surface area contributed by atoms with Crippen molar-refractivity contribution in [3.63, 3.8) is 0 Å². The molecule has 0 bridgehead atoms. The lowest BCUT2D eigenvalue weighted by Crippen LogP contribution is -2.16. The molecule has 5 nitrogen and oxygen atoms in total. The molecule has 0 saturated carbocycles. The number of nitrogens with zero attached hydrogens (tertiary/aromatic N) is 2. The zero-order valence-electron chi connectivity index (χ0n) is 11.3. The molecule has 20 heavy (non-hydrogen) atoms. The maximum absolute atomic E-state index is 9.48. The summed E-state index contributed by atoms with van der Waals surface area (Å²) in [6.07, 6.45) is 0. The molecule has 1 aliphatic rings. The summed E-state index contributed by atoms with van der Waals surface area (Å²) in [7, 11) is 0. The Morgan fingerprint density at radius 3 is 2.80 bits per heavy atom. The highest BCUT2D eigenvalue weighted by Crippen LogP contribution is 2.45. The van der Waals surface area contributed by atoms with E-state index in [9.17, 15) is 5.26 Å². The molecular weight excluding hydrogens is 252 g/mol. The standard InChI is InChI=1S/C15H14N4O/c1-8-5-3-4-6-10(8)12-11(7-16)9(2)20-15-13(12)14(17)18-19-15/h3-6,12H,1-2H3,(H3,17,18,19). The molecule has 0 amide bonds. The lowest BCUT2D eigenvalue weighted by Gasteiger charge is -2.25. The van der Waals surface area contributed by atoms with E-state index in [1.807, 2.05) is 31.2 Å². The van der Waals surface area contributed by atoms with Crippen molar-refractivity contribution in [2.75, 3.05) is 5.73 Å². The minimum absolute atomic E-state index is 0.233. The number of ether oxygens (including phenoxy) is 1. The predicted octanol–water partition coefficient (Wildman–Crippen LogP) is 2.62. The van der Waals surface area contributed by atoms with E-state index < -0.39 is 0 Å². The zero-order valence-corrected chi connectivity index (χ0v) is 11.3. The van der Waals surface area contributed by atoms with Crippen LogP contribution in [-0.4, -0.2) is 10.2 Å². The first-order valence-electron chi connectivity index (χ1n) is 6.31. The smallest absolute Gasteiger partial charge is 0.244 e. The van der Waals surface area contributed by atoms with Crippen LogP contribution in [0.2, 0.25) is 0 Å². The Balaban J connectivity index is 2.29. The van der Waals surface area contributed by atoms with Gasteiger partial charge in [0.05, 0.1) is 23.1 Å². The minimum atomic E-state index is -0.233. The number of allylic oxidation sites excluding steroid dienone is 2. The summed E-state index contributed by atoms with van der Waals surface area (Å²) >= 11 is 0. The van der Waals surface area contributed by atoms with Crippen molar-refractivity contribution in [1.29, 1.82) is 5.26 Å². The van der Waals surface area contributed by atoms with Crippen molar-refractivity contribution in [1.82, 2.24) is 10.2 Å². The number of hydrogen-bond donors (Lipinski definition) is 2. The van der Waals surface area contributed by atoms with E-state index in [-0.39, 0.29) is 5.92 Å². The Morgan fingerprint density at radius 2 is 2.10 bits per heavy atom. The van der Waals surface area contributed by atoms with Crippen LogP contribution in [0, 0.1) is 18.3 Å². The van der Waals surface area contributed by atoms with Crippen LogP contribution in [0.1, 0.15) is 29.5 Å². The fourth-order valence-corrected chi connectivity index (χ4v) is 2.62. The molecule has 0 aliphatic carbocycles. The van der Waals surface area contributed by atoms with E-state index >= 15 is 0 Å². The quantitative estimate of drug-likeness (QED) is 0.830. The van der Waals surface area contributed by atoms with Gasteiger partial charge in [-0.1, -0.05) is 24.3 Å². The van der Waals surface area contributed by atoms with E-state index in [1.54, 1.807) is 6.92 Å². The summed E-state index contributed by atoms with van der Waals surface area (Å²) in [4.78, 5) is 0. The highest BCUT2D eigenvalue weighted by Gasteiger charge is 2.34. The van der Waals surface area contributed by atoms with Gasteiger partial charge in [-0.3, -0.25) is 5.10 Å². The number of rotatable bonds is 1. The van der Waals surface area contributed by atoms with Gasteiger partial charge < -0.3 is 10.5 Å². The SMILES string of the molecule is CC1=C(C#N)C(c2ccccc2C)c2c(n[nH]c2N)O1. The van der Waals surface area contributed by atoms with Crippen molar-refractivity contribution in [3.05, 3.63) is 52.3 Å². The first-order chi connectivity index (χ1) is 9.63. The maximum Gasteiger partial charge on any atom is 0.244 e. The van der Waals surface area contributed by atoms with Gasteiger partial charge in [0.15, 0.2) is 0 Å². The molecule has 2 aromatic rings. The molecule has 2 heterocycles. The molecule has 1 aliphatic heterocycles. The highest BCUT2D eigenvalue weighted by atomic mass is 16.5. The second-order valence-electron chi connectivity index (χ2n) is 4.83. The van der Waals surface area contributed by atoms with Crippen LogP contribution in [0.3, 0.4) is 0 Å². The first kappa shape index (κ1) is 12.3. The molecule has 1 unspecified atom stereocenters. The molecule has 1 aromatic carbocycles. The van der Waals surface area contributed by atoms with E-state index in [0.29, 0.717) is 23.0 Å². The van der Waals surface area contributed by atoms with Crippen LogP contribution in [0.15, 0.2) is 35.6 Å². The first-order valence-corrected chi connectivity index (χ1v) is 6.31. The van der Waals surface area contributed by atoms with Crippen LogP contribution in [-0.2, 0) is 0 Å². The van der Waals surface area contributed by atoms with Gasteiger partial charge in [0.1, 0.15) is 11.6 Å². The summed E-state index contributed by atoms with van der Waals surface area (Å²) < 4.78 is 5.58. The van der Waals surface area contributed by atoms with Gasteiger partial charge in [0, 0.05) is 0 Å². The predicted molar refractivity (Wildman–Crippen MR) is 75.0 cm³/mol. The Labute approximate surface area is 116 Å². The number of fused-ring (bicyclic) bond motifs is 1. The Morgan fingerprint density at radius 1 is 1.35 bits per heavy atom. The molecular formula is C15H14N4O. The van der Waals surface area contributed by atoms with Crippen molar-refractivity contribution >= 4 is 5.82 Å². The molecule has 0 spiro atoms. The summed E-state index contributed by atoms with van der Waals surface area (Å²) in [5.74, 6) is 1.23. The number of benzene rings is 1. The van der Waals surface area contributed by atoms with Gasteiger partial charge in [-0.15, -0.1) is 5.10 Å². The van der Waals surface area contributed by atoms with Crippen molar-refractivity contribution in [3.8, 4) is 11.9 Å². The van der Waals surface area contributed by atoms with E-state index in [0.717, 1.165) is 16.7 Å². The molecule has 0 radical (unpaired) electrons. The number of anilines is 1. The van der Waals surface area contributed by atoms with Crippen LogP contribution in [0.4, 0.5) is 5.82 Å². The van der Waals surface area contributed by atoms with E-state index in [1.165, 1.54) is 0 Å². The topological polar surface area (TPSA) is 87.7 Å². The zero-order chi connectivity index (χ0) is 14.3. The number of nitrogens with two attached hydrogens (primary N) is 1. The van der Waals surface area contributed by atoms with Crippen molar-refractivity contribution in [2.45, 2.75) is 19.8 Å². The van der Waals surface area contributed by atoms with Gasteiger partial charge in [-0.25, -0.2) is 0 Å². The number of H-pyrrole nitrogens is 1. The third kappa shape index (κ3) is 1.66. The lowest BCUT2D eigenvalue weighted by molar-refractivity contribution is 0.386. The normalized spacial score (nSPS) is 17.4. The molecule has 1 aromatic heterocycles. The molecule has 3 N–H and O–H groups in total. The fraction of sp³-hybridized carbons (Fsp3) is 0.200. The summed E-state index contributed by atoms with van der Waals surface area (Å²) in [6, 6.07) is 10.2. The van der Waals surface area contributed by atoms with Gasteiger partial charge in [0.2, 0.25) is 5.88 Å². The second kappa shape index (κ2) is 4.42. The number of nitriles is 1. The summed E-state index contributed by atoms with van der Waals surface area (Å²) in [5.41, 5.74) is 9.42. The number of aromatic amines is 1. The monoisotopic (exact) mass is 266 g/mol. The number of aromatic nitrogens is 2. The van der Waals surface area contributed by atoms with Gasteiger partial charge in [-0.2, -0.15) is 5.26 Å². The van der Waals surface area contributed by atoms with Gasteiger partial charge in [-0.05, 0) is 25.0 Å². The van der Waals surface area contributed by atoms with E-state index in [4.69, 9.17) is 10.5 Å². The fourth-order valence-electron chi connectivity index (χ4n) is 2.62. The molecule has 100 valence electrons. The molecule has 3 rings (SSSR count). The summed E-state index contributed by atoms with van der Waals surface area (Å²) in [6.45, 7) is 3.79. The Bertz CT molecular complexity index is 751.